The van der Waals surface area contributed by atoms with E-state index in [2.05, 4.69) is 67.9 Å². The number of tetrazole rings is 1. The molecule has 7 heteroatoms. The molecule has 1 atom stereocenters. The topological polar surface area (TPSA) is 79.7 Å². The molecule has 2 aliphatic rings. The van der Waals surface area contributed by atoms with Crippen molar-refractivity contribution in [1.82, 2.24) is 30.1 Å². The van der Waals surface area contributed by atoms with Gasteiger partial charge in [-0.05, 0) is 91.0 Å². The van der Waals surface area contributed by atoms with Crippen LogP contribution < -0.4 is 5.56 Å². The Morgan fingerprint density at radius 1 is 1.00 bits per heavy atom. The van der Waals surface area contributed by atoms with Crippen molar-refractivity contribution in [2.24, 2.45) is 5.92 Å². The second kappa shape index (κ2) is 9.97. The summed E-state index contributed by atoms with van der Waals surface area (Å²) in [5.74, 6) is 1.45. The van der Waals surface area contributed by atoms with Gasteiger partial charge in [0.1, 0.15) is 6.04 Å². The second-order valence-corrected chi connectivity index (χ2v) is 10.6. The number of aryl methyl sites for hydroxylation is 1. The fraction of sp³-hybridized carbons (Fsp3) is 0.448. The highest BCUT2D eigenvalue weighted by molar-refractivity contribution is 5.82. The van der Waals surface area contributed by atoms with Gasteiger partial charge in [0.2, 0.25) is 0 Å². The van der Waals surface area contributed by atoms with Gasteiger partial charge < -0.3 is 4.98 Å². The van der Waals surface area contributed by atoms with Gasteiger partial charge in [0.25, 0.3) is 5.56 Å². The van der Waals surface area contributed by atoms with E-state index in [0.29, 0.717) is 12.0 Å². The van der Waals surface area contributed by atoms with E-state index in [0.717, 1.165) is 73.0 Å². The predicted molar refractivity (Wildman–Crippen MR) is 141 cm³/mol. The maximum atomic E-state index is 13.5. The number of aromatic amines is 1. The van der Waals surface area contributed by atoms with Crippen molar-refractivity contribution >= 4 is 10.9 Å². The largest absolute Gasteiger partial charge is 0.321 e. The van der Waals surface area contributed by atoms with Crippen LogP contribution in [-0.2, 0) is 6.42 Å². The molecule has 0 radical (unpaired) electrons. The Labute approximate surface area is 211 Å². The van der Waals surface area contributed by atoms with E-state index in [1.54, 1.807) is 0 Å². The van der Waals surface area contributed by atoms with Gasteiger partial charge in [0.05, 0.1) is 11.6 Å². The Hall–Kier alpha value is -3.32. The molecule has 1 aliphatic carbocycles. The molecule has 186 valence electrons. The second-order valence-electron chi connectivity index (χ2n) is 10.6. The first-order valence-corrected chi connectivity index (χ1v) is 13.4. The lowest BCUT2D eigenvalue weighted by molar-refractivity contribution is 0.141. The van der Waals surface area contributed by atoms with Crippen molar-refractivity contribution in [2.75, 3.05) is 13.1 Å². The van der Waals surface area contributed by atoms with Crippen LogP contribution in [0, 0.1) is 12.8 Å². The van der Waals surface area contributed by atoms with Crippen molar-refractivity contribution in [1.29, 1.82) is 0 Å². The van der Waals surface area contributed by atoms with E-state index >= 15 is 0 Å². The minimum absolute atomic E-state index is 0.0471. The number of rotatable bonds is 6. The molecule has 6 rings (SSSR count). The molecule has 0 amide bonds. The highest BCUT2D eigenvalue weighted by Gasteiger charge is 2.35. The molecule has 0 bridgehead atoms. The average molecular weight is 483 g/mol. The molecule has 1 N–H and O–H groups in total. The molecule has 1 saturated heterocycles. The summed E-state index contributed by atoms with van der Waals surface area (Å²) < 4.78 is 2.02. The number of likely N-dealkylation sites (tertiary alicyclic amines) is 1. The molecule has 1 saturated carbocycles. The molecule has 36 heavy (non-hydrogen) atoms. The molecule has 4 aromatic rings. The minimum atomic E-state index is -0.257. The number of nitrogens with zero attached hydrogens (tertiary/aromatic N) is 5. The van der Waals surface area contributed by atoms with Crippen molar-refractivity contribution in [3.8, 4) is 0 Å². The standard InChI is InChI=1S/C29H34N6O/c1-20-8-7-11-23-19-25(29(36)30-26(20)23)27(28-31-32-33-35(28)24-12-5-6-13-24)34-16-14-22(15-17-34)18-21-9-3-2-4-10-21/h2-4,7-11,19,22,24,27H,5-6,12-18H2,1H3,(H,30,36)/t27-/m0/s1. The number of H-pyrrole nitrogens is 1. The summed E-state index contributed by atoms with van der Waals surface area (Å²) in [5, 5.41) is 14.1. The van der Waals surface area contributed by atoms with Gasteiger partial charge in [-0.15, -0.1) is 5.10 Å². The highest BCUT2D eigenvalue weighted by Crippen LogP contribution is 2.36. The number of benzene rings is 2. The summed E-state index contributed by atoms with van der Waals surface area (Å²) in [6.07, 6.45) is 7.90. The zero-order chi connectivity index (χ0) is 24.5. The molecule has 7 nitrogen and oxygen atoms in total. The summed E-state index contributed by atoms with van der Waals surface area (Å²) in [7, 11) is 0. The Balaban J connectivity index is 1.35. The molecular weight excluding hydrogens is 448 g/mol. The first kappa shape index (κ1) is 23.1. The smallest absolute Gasteiger partial charge is 0.253 e. The summed E-state index contributed by atoms with van der Waals surface area (Å²) in [4.78, 5) is 19.2. The summed E-state index contributed by atoms with van der Waals surface area (Å²) in [5.41, 5.74) is 4.07. The van der Waals surface area contributed by atoms with Crippen molar-refractivity contribution in [3.05, 3.63) is 87.5 Å². The molecule has 2 aromatic heterocycles. The molecule has 0 spiro atoms. The normalized spacial score (nSPS) is 18.7. The number of para-hydroxylation sites is 1. The van der Waals surface area contributed by atoms with E-state index in [1.807, 2.05) is 23.7 Å². The van der Waals surface area contributed by atoms with Crippen molar-refractivity contribution in [2.45, 2.75) is 64.0 Å². The van der Waals surface area contributed by atoms with Gasteiger partial charge in [-0.25, -0.2) is 4.68 Å². The van der Waals surface area contributed by atoms with Gasteiger partial charge >= 0.3 is 0 Å². The van der Waals surface area contributed by atoms with E-state index in [1.165, 1.54) is 18.4 Å². The molecule has 3 heterocycles. The fourth-order valence-corrected chi connectivity index (χ4v) is 6.25. The SMILES string of the molecule is Cc1cccc2cc([C@@H](c3nnnn3C3CCCC3)N3CCC(Cc4ccccc4)CC3)c(=O)[nH]c12. The number of nitrogens with one attached hydrogen (secondary N) is 1. The third-order valence-electron chi connectivity index (χ3n) is 8.23. The lowest BCUT2D eigenvalue weighted by Gasteiger charge is -2.37. The average Bonchev–Trinajstić information content (AvgIpc) is 3.59. The first-order valence-electron chi connectivity index (χ1n) is 13.4. The molecular formula is C29H34N6O. The number of piperidine rings is 1. The Bertz CT molecular complexity index is 1380. The number of hydrogen-bond acceptors (Lipinski definition) is 5. The lowest BCUT2D eigenvalue weighted by atomic mass is 9.89. The number of fused-ring (bicyclic) bond motifs is 1. The van der Waals surface area contributed by atoms with Crippen molar-refractivity contribution in [3.63, 3.8) is 0 Å². The monoisotopic (exact) mass is 482 g/mol. The third kappa shape index (κ3) is 4.48. The Morgan fingerprint density at radius 3 is 2.56 bits per heavy atom. The maximum Gasteiger partial charge on any atom is 0.253 e. The molecule has 0 unspecified atom stereocenters. The van der Waals surface area contributed by atoms with Crippen LogP contribution in [0.2, 0.25) is 0 Å². The van der Waals surface area contributed by atoms with Crippen LogP contribution in [0.3, 0.4) is 0 Å². The Kier molecular flexibility index (Phi) is 6.40. The van der Waals surface area contributed by atoms with Crippen LogP contribution in [0.15, 0.2) is 59.4 Å². The maximum absolute atomic E-state index is 13.5. The quantitative estimate of drug-likeness (QED) is 0.419. The van der Waals surface area contributed by atoms with Crippen LogP contribution >= 0.6 is 0 Å². The van der Waals surface area contributed by atoms with Gasteiger partial charge in [-0.3, -0.25) is 9.69 Å². The lowest BCUT2D eigenvalue weighted by Crippen LogP contribution is -2.41. The first-order chi connectivity index (χ1) is 17.7. The summed E-state index contributed by atoms with van der Waals surface area (Å²) in [6.45, 7) is 3.88. The van der Waals surface area contributed by atoms with E-state index < -0.39 is 0 Å². The van der Waals surface area contributed by atoms with Crippen LogP contribution in [0.4, 0.5) is 0 Å². The van der Waals surface area contributed by atoms with Crippen molar-refractivity contribution < 1.29 is 0 Å². The molecule has 2 fully saturated rings. The van der Waals surface area contributed by atoms with Crippen LogP contribution in [0.25, 0.3) is 10.9 Å². The van der Waals surface area contributed by atoms with Crippen LogP contribution in [-0.4, -0.2) is 43.2 Å². The predicted octanol–water partition coefficient (Wildman–Crippen LogP) is 4.98. The van der Waals surface area contributed by atoms with Gasteiger partial charge in [0.15, 0.2) is 5.82 Å². The zero-order valence-corrected chi connectivity index (χ0v) is 20.9. The number of pyridine rings is 1. The number of hydrogen-bond donors (Lipinski definition) is 1. The minimum Gasteiger partial charge on any atom is -0.321 e. The Morgan fingerprint density at radius 2 is 1.78 bits per heavy atom. The molecule has 1 aliphatic heterocycles. The van der Waals surface area contributed by atoms with E-state index in [9.17, 15) is 4.79 Å². The van der Waals surface area contributed by atoms with Gasteiger partial charge in [-0.2, -0.15) is 0 Å². The van der Waals surface area contributed by atoms with Gasteiger partial charge in [0, 0.05) is 5.56 Å². The summed E-state index contributed by atoms with van der Waals surface area (Å²) >= 11 is 0. The van der Waals surface area contributed by atoms with Crippen LogP contribution in [0.1, 0.15) is 73.1 Å². The van der Waals surface area contributed by atoms with Gasteiger partial charge in [-0.1, -0.05) is 61.4 Å². The van der Waals surface area contributed by atoms with E-state index in [-0.39, 0.29) is 11.6 Å². The van der Waals surface area contributed by atoms with Crippen LogP contribution in [0.5, 0.6) is 0 Å². The zero-order valence-electron chi connectivity index (χ0n) is 20.9. The number of aromatic nitrogens is 5. The highest BCUT2D eigenvalue weighted by atomic mass is 16.1. The van der Waals surface area contributed by atoms with E-state index in [4.69, 9.17) is 0 Å². The molecule has 2 aromatic carbocycles. The summed E-state index contributed by atoms with van der Waals surface area (Å²) in [6, 6.07) is 19.0. The third-order valence-corrected chi connectivity index (χ3v) is 8.23. The fourth-order valence-electron chi connectivity index (χ4n) is 6.25.